The van der Waals surface area contributed by atoms with E-state index in [9.17, 15) is 14.4 Å². The van der Waals surface area contributed by atoms with Crippen LogP contribution in [-0.4, -0.2) is 57.8 Å². The molecule has 1 heterocycles. The van der Waals surface area contributed by atoms with Gasteiger partial charge in [0.2, 0.25) is 0 Å². The third kappa shape index (κ3) is 6.63. The second-order valence-electron chi connectivity index (χ2n) is 6.65. The van der Waals surface area contributed by atoms with Gasteiger partial charge >= 0.3 is 5.97 Å². The lowest BCUT2D eigenvalue weighted by molar-refractivity contribution is -0.147. The molecule has 2 aromatic carbocycles. The van der Waals surface area contributed by atoms with Gasteiger partial charge < -0.3 is 29.6 Å². The lowest BCUT2D eigenvalue weighted by atomic mass is 10.1. The Labute approximate surface area is 179 Å². The Kier molecular flexibility index (Phi) is 7.69. The second kappa shape index (κ2) is 10.9. The molecule has 0 fully saturated rings. The summed E-state index contributed by atoms with van der Waals surface area (Å²) in [5, 5.41) is 5.12. The van der Waals surface area contributed by atoms with Gasteiger partial charge in [-0.05, 0) is 42.3 Å². The standard InChI is InChI=1S/C22H24N2O7/c1-28-17-4-2-3-16(12-17)22(27)24-13-21(26)31-14-20(25)23-8-7-15-5-6-18-19(11-15)30-10-9-29-18/h2-6,11-12H,7-10,13-14H2,1H3,(H,23,25)(H,24,27). The molecule has 1 aliphatic heterocycles. The molecule has 0 saturated carbocycles. The summed E-state index contributed by atoms with van der Waals surface area (Å²) in [5.41, 5.74) is 1.34. The number of ether oxygens (including phenoxy) is 4. The third-order valence-electron chi connectivity index (χ3n) is 4.43. The molecule has 0 aliphatic carbocycles. The Balaban J connectivity index is 1.33. The zero-order chi connectivity index (χ0) is 22.1. The van der Waals surface area contributed by atoms with E-state index in [1.807, 2.05) is 18.2 Å². The highest BCUT2D eigenvalue weighted by molar-refractivity contribution is 5.96. The smallest absolute Gasteiger partial charge is 0.325 e. The summed E-state index contributed by atoms with van der Waals surface area (Å²) in [6.45, 7) is 0.655. The van der Waals surface area contributed by atoms with Gasteiger partial charge in [0.25, 0.3) is 11.8 Å². The van der Waals surface area contributed by atoms with Crippen LogP contribution >= 0.6 is 0 Å². The molecule has 2 aromatic rings. The molecule has 9 heteroatoms. The number of carbonyl (C=O) groups is 3. The van der Waals surface area contributed by atoms with E-state index in [1.54, 1.807) is 24.3 Å². The number of fused-ring (bicyclic) bond motifs is 1. The minimum Gasteiger partial charge on any atom is -0.497 e. The number of amides is 2. The quantitative estimate of drug-likeness (QED) is 0.575. The average molecular weight is 428 g/mol. The third-order valence-corrected chi connectivity index (χ3v) is 4.43. The van der Waals surface area contributed by atoms with Gasteiger partial charge in [0.05, 0.1) is 7.11 Å². The zero-order valence-corrected chi connectivity index (χ0v) is 17.1. The Hall–Kier alpha value is -3.75. The highest BCUT2D eigenvalue weighted by Gasteiger charge is 2.13. The van der Waals surface area contributed by atoms with Crippen molar-refractivity contribution < 1.29 is 33.3 Å². The highest BCUT2D eigenvalue weighted by atomic mass is 16.6. The van der Waals surface area contributed by atoms with Crippen LogP contribution in [0.4, 0.5) is 0 Å². The SMILES string of the molecule is COc1cccc(C(=O)NCC(=O)OCC(=O)NCCc2ccc3c(c2)OCCO3)c1. The van der Waals surface area contributed by atoms with Crippen molar-refractivity contribution in [1.82, 2.24) is 10.6 Å². The van der Waals surface area contributed by atoms with E-state index >= 15 is 0 Å². The molecule has 2 N–H and O–H groups in total. The summed E-state index contributed by atoms with van der Waals surface area (Å²) in [7, 11) is 1.50. The second-order valence-corrected chi connectivity index (χ2v) is 6.65. The number of hydrogen-bond acceptors (Lipinski definition) is 7. The topological polar surface area (TPSA) is 112 Å². The summed E-state index contributed by atoms with van der Waals surface area (Å²) in [5.74, 6) is 0.357. The Morgan fingerprint density at radius 2 is 1.81 bits per heavy atom. The number of hydrogen-bond donors (Lipinski definition) is 2. The summed E-state index contributed by atoms with van der Waals surface area (Å²) in [6, 6.07) is 12.1. The van der Waals surface area contributed by atoms with Crippen LogP contribution in [0.3, 0.4) is 0 Å². The number of methoxy groups -OCH3 is 1. The predicted octanol–water partition coefficient (Wildman–Crippen LogP) is 1.10. The summed E-state index contributed by atoms with van der Waals surface area (Å²) < 4.78 is 20.9. The molecular formula is C22H24N2O7. The van der Waals surface area contributed by atoms with Gasteiger partial charge in [-0.1, -0.05) is 12.1 Å². The van der Waals surface area contributed by atoms with Crippen LogP contribution in [0.15, 0.2) is 42.5 Å². The fourth-order valence-electron chi connectivity index (χ4n) is 2.86. The molecule has 164 valence electrons. The van der Waals surface area contributed by atoms with Gasteiger partial charge in [0, 0.05) is 12.1 Å². The van der Waals surface area contributed by atoms with E-state index < -0.39 is 24.4 Å². The van der Waals surface area contributed by atoms with Crippen molar-refractivity contribution in [3.63, 3.8) is 0 Å². The maximum absolute atomic E-state index is 12.1. The van der Waals surface area contributed by atoms with Crippen molar-refractivity contribution in [1.29, 1.82) is 0 Å². The molecule has 0 saturated heterocycles. The van der Waals surface area contributed by atoms with E-state index in [0.29, 0.717) is 49.0 Å². The van der Waals surface area contributed by atoms with Crippen molar-refractivity contribution in [2.24, 2.45) is 0 Å². The molecule has 0 aromatic heterocycles. The van der Waals surface area contributed by atoms with Gasteiger partial charge in [-0.2, -0.15) is 0 Å². The van der Waals surface area contributed by atoms with Gasteiger partial charge in [-0.15, -0.1) is 0 Å². The summed E-state index contributed by atoms with van der Waals surface area (Å²) in [6.07, 6.45) is 0.590. The Bertz CT molecular complexity index is 945. The van der Waals surface area contributed by atoms with Crippen molar-refractivity contribution in [2.45, 2.75) is 6.42 Å². The van der Waals surface area contributed by atoms with Crippen LogP contribution in [0.1, 0.15) is 15.9 Å². The normalized spacial score (nSPS) is 11.9. The summed E-state index contributed by atoms with van der Waals surface area (Å²) in [4.78, 5) is 35.7. The number of esters is 1. The van der Waals surface area contributed by atoms with E-state index in [4.69, 9.17) is 18.9 Å². The minimum absolute atomic E-state index is 0.347. The highest BCUT2D eigenvalue weighted by Crippen LogP contribution is 2.30. The molecule has 0 unspecified atom stereocenters. The fraction of sp³-hybridized carbons (Fsp3) is 0.318. The molecule has 1 aliphatic rings. The molecule has 0 radical (unpaired) electrons. The molecule has 0 bridgehead atoms. The molecule has 9 nitrogen and oxygen atoms in total. The van der Waals surface area contributed by atoms with E-state index in [1.165, 1.54) is 7.11 Å². The molecule has 3 rings (SSSR count). The van der Waals surface area contributed by atoms with Gasteiger partial charge in [-0.25, -0.2) is 0 Å². The molecule has 0 atom stereocenters. The van der Waals surface area contributed by atoms with Gasteiger partial charge in [-0.3, -0.25) is 14.4 Å². The van der Waals surface area contributed by atoms with E-state index in [-0.39, 0.29) is 6.54 Å². The van der Waals surface area contributed by atoms with E-state index in [0.717, 1.165) is 5.56 Å². The molecule has 2 amide bonds. The Morgan fingerprint density at radius 1 is 1.00 bits per heavy atom. The van der Waals surface area contributed by atoms with Crippen LogP contribution in [-0.2, 0) is 20.7 Å². The first-order valence-corrected chi connectivity index (χ1v) is 9.78. The number of nitrogens with one attached hydrogen (secondary N) is 2. The van der Waals surface area contributed by atoms with Crippen LogP contribution in [0, 0.1) is 0 Å². The van der Waals surface area contributed by atoms with Crippen LogP contribution in [0.5, 0.6) is 17.2 Å². The maximum atomic E-state index is 12.1. The lowest BCUT2D eigenvalue weighted by Gasteiger charge is -2.18. The Morgan fingerprint density at radius 3 is 2.61 bits per heavy atom. The van der Waals surface area contributed by atoms with Gasteiger partial charge in [0.1, 0.15) is 25.5 Å². The van der Waals surface area contributed by atoms with Crippen molar-refractivity contribution in [3.05, 3.63) is 53.6 Å². The first-order chi connectivity index (χ1) is 15.0. The number of carbonyl (C=O) groups excluding carboxylic acids is 3. The largest absolute Gasteiger partial charge is 0.497 e. The lowest BCUT2D eigenvalue weighted by Crippen LogP contribution is -2.34. The monoisotopic (exact) mass is 428 g/mol. The molecule has 31 heavy (non-hydrogen) atoms. The van der Waals surface area contributed by atoms with Crippen molar-refractivity contribution in [2.75, 3.05) is 40.0 Å². The molecular weight excluding hydrogens is 404 g/mol. The van der Waals surface area contributed by atoms with Crippen LogP contribution in [0.25, 0.3) is 0 Å². The van der Waals surface area contributed by atoms with Crippen molar-refractivity contribution in [3.8, 4) is 17.2 Å². The van der Waals surface area contributed by atoms with Gasteiger partial charge in [0.15, 0.2) is 18.1 Å². The van der Waals surface area contributed by atoms with Crippen LogP contribution < -0.4 is 24.8 Å². The van der Waals surface area contributed by atoms with Crippen molar-refractivity contribution >= 4 is 17.8 Å². The fourth-order valence-corrected chi connectivity index (χ4v) is 2.86. The predicted molar refractivity (Wildman–Crippen MR) is 110 cm³/mol. The molecule has 0 spiro atoms. The first-order valence-electron chi connectivity index (χ1n) is 9.78. The first kappa shape index (κ1) is 21.9. The minimum atomic E-state index is -0.710. The maximum Gasteiger partial charge on any atom is 0.325 e. The van der Waals surface area contributed by atoms with Crippen LogP contribution in [0.2, 0.25) is 0 Å². The number of benzene rings is 2. The summed E-state index contributed by atoms with van der Waals surface area (Å²) >= 11 is 0. The number of rotatable bonds is 9. The zero-order valence-electron chi connectivity index (χ0n) is 17.1. The van der Waals surface area contributed by atoms with E-state index in [2.05, 4.69) is 10.6 Å². The average Bonchev–Trinajstić information content (AvgIpc) is 2.81.